The maximum Gasteiger partial charge on any atom is 0.255 e. The number of benzene rings is 2. The van der Waals surface area contributed by atoms with Gasteiger partial charge in [0, 0.05) is 44.3 Å². The highest BCUT2D eigenvalue weighted by molar-refractivity contribution is 6.43. The van der Waals surface area contributed by atoms with Crippen molar-refractivity contribution in [3.05, 3.63) is 63.6 Å². The van der Waals surface area contributed by atoms with Crippen molar-refractivity contribution in [3.63, 3.8) is 0 Å². The zero-order chi connectivity index (χ0) is 24.8. The Kier molecular flexibility index (Phi) is 9.06. The van der Waals surface area contributed by atoms with E-state index in [2.05, 4.69) is 16.7 Å². The fraction of sp³-hybridized carbons (Fsp3) is 0.481. The molecule has 2 saturated heterocycles. The smallest absolute Gasteiger partial charge is 0.255 e. The maximum absolute atomic E-state index is 12.8. The molecule has 6 nitrogen and oxygen atoms in total. The first kappa shape index (κ1) is 26.0. The molecule has 2 aliphatic rings. The zero-order valence-electron chi connectivity index (χ0n) is 20.2. The molecule has 35 heavy (non-hydrogen) atoms. The number of ketones is 1. The van der Waals surface area contributed by atoms with Gasteiger partial charge in [-0.05, 0) is 69.1 Å². The standard InChI is InChI=1S/C27H33Cl2N3O3/c1-20-5-3-12-31(20)13-4-18-35-22-10-8-21(9-11-22)25(33)19-30-14-16-32(17-15-30)27(34)23-6-2-7-24(28)26(23)29/h2,6-11,20H,3-5,12-19H2,1H3/t20-/m1/s1. The van der Waals surface area contributed by atoms with Crippen LogP contribution in [-0.4, -0.2) is 84.9 Å². The summed E-state index contributed by atoms with van der Waals surface area (Å²) in [6.45, 7) is 7.91. The molecule has 2 aromatic carbocycles. The second-order valence-electron chi connectivity index (χ2n) is 9.35. The van der Waals surface area contributed by atoms with Crippen LogP contribution < -0.4 is 4.74 Å². The molecule has 8 heteroatoms. The van der Waals surface area contributed by atoms with Crippen LogP contribution in [0.1, 0.15) is 46.9 Å². The summed E-state index contributed by atoms with van der Waals surface area (Å²) in [4.78, 5) is 32.0. The molecule has 0 aromatic heterocycles. The molecule has 1 amide bonds. The summed E-state index contributed by atoms with van der Waals surface area (Å²) < 4.78 is 5.87. The van der Waals surface area contributed by atoms with Crippen molar-refractivity contribution < 1.29 is 14.3 Å². The van der Waals surface area contributed by atoms with Gasteiger partial charge in [0.15, 0.2) is 5.78 Å². The lowest BCUT2D eigenvalue weighted by Gasteiger charge is -2.34. The average molecular weight is 518 g/mol. The highest BCUT2D eigenvalue weighted by Gasteiger charge is 2.25. The molecule has 0 spiro atoms. The Bertz CT molecular complexity index is 1020. The molecule has 2 aliphatic heterocycles. The maximum atomic E-state index is 12.8. The van der Waals surface area contributed by atoms with Crippen molar-refractivity contribution in [3.8, 4) is 5.75 Å². The number of amides is 1. The monoisotopic (exact) mass is 517 g/mol. The van der Waals surface area contributed by atoms with Crippen LogP contribution in [-0.2, 0) is 0 Å². The largest absolute Gasteiger partial charge is 0.494 e. The lowest BCUT2D eigenvalue weighted by Crippen LogP contribution is -2.50. The van der Waals surface area contributed by atoms with E-state index in [1.54, 1.807) is 23.1 Å². The molecule has 2 heterocycles. The summed E-state index contributed by atoms with van der Waals surface area (Å²) in [5.41, 5.74) is 1.09. The fourth-order valence-electron chi connectivity index (χ4n) is 4.76. The van der Waals surface area contributed by atoms with Crippen LogP contribution >= 0.6 is 23.2 Å². The van der Waals surface area contributed by atoms with E-state index < -0.39 is 0 Å². The third kappa shape index (κ3) is 6.76. The number of Topliss-reactive ketones (excluding diaryl/α,β-unsaturated/α-hetero) is 1. The third-order valence-electron chi connectivity index (χ3n) is 6.93. The number of hydrogen-bond donors (Lipinski definition) is 0. The molecule has 0 N–H and O–H groups in total. The Morgan fingerprint density at radius 1 is 1.00 bits per heavy atom. The molecule has 0 radical (unpaired) electrons. The molecular formula is C27H33Cl2N3O3. The van der Waals surface area contributed by atoms with Gasteiger partial charge in [0.1, 0.15) is 5.75 Å². The molecule has 0 unspecified atom stereocenters. The van der Waals surface area contributed by atoms with E-state index >= 15 is 0 Å². The third-order valence-corrected chi connectivity index (χ3v) is 7.75. The Morgan fingerprint density at radius 2 is 1.74 bits per heavy atom. The van der Waals surface area contributed by atoms with Crippen LogP contribution in [0, 0.1) is 0 Å². The second-order valence-corrected chi connectivity index (χ2v) is 10.1. The molecule has 2 aromatic rings. The van der Waals surface area contributed by atoms with Crippen LogP contribution in [0.15, 0.2) is 42.5 Å². The van der Waals surface area contributed by atoms with E-state index in [1.165, 1.54) is 19.4 Å². The summed E-state index contributed by atoms with van der Waals surface area (Å²) in [5, 5.41) is 0.653. The number of piperazine rings is 1. The number of halogens is 2. The van der Waals surface area contributed by atoms with Crippen LogP contribution in [0.25, 0.3) is 0 Å². The van der Waals surface area contributed by atoms with Crippen molar-refractivity contribution in [1.29, 1.82) is 0 Å². The van der Waals surface area contributed by atoms with Gasteiger partial charge in [-0.25, -0.2) is 0 Å². The first-order valence-electron chi connectivity index (χ1n) is 12.4. The van der Waals surface area contributed by atoms with E-state index in [0.29, 0.717) is 61.5 Å². The minimum absolute atomic E-state index is 0.0669. The number of ether oxygens (including phenoxy) is 1. The molecule has 1 atom stereocenters. The quantitative estimate of drug-likeness (QED) is 0.350. The van der Waals surface area contributed by atoms with Gasteiger partial charge in [-0.3, -0.25) is 14.5 Å². The van der Waals surface area contributed by atoms with Gasteiger partial charge in [0.25, 0.3) is 5.91 Å². The molecule has 4 rings (SSSR count). The Balaban J connectivity index is 1.19. The van der Waals surface area contributed by atoms with E-state index in [0.717, 1.165) is 18.7 Å². The van der Waals surface area contributed by atoms with Crippen molar-refractivity contribution >= 4 is 34.9 Å². The molecule has 0 saturated carbocycles. The minimum atomic E-state index is -0.131. The van der Waals surface area contributed by atoms with Gasteiger partial charge in [0.05, 0.1) is 28.8 Å². The van der Waals surface area contributed by atoms with Gasteiger partial charge in [-0.15, -0.1) is 0 Å². The summed E-state index contributed by atoms with van der Waals surface area (Å²) in [6.07, 6.45) is 3.59. The van der Waals surface area contributed by atoms with Crippen molar-refractivity contribution in [2.75, 3.05) is 52.4 Å². The SMILES string of the molecule is C[C@@H]1CCCN1CCCOc1ccc(C(=O)CN2CCN(C(=O)c3cccc(Cl)c3Cl)CC2)cc1. The summed E-state index contributed by atoms with van der Waals surface area (Å²) >= 11 is 12.3. The molecule has 2 fully saturated rings. The first-order chi connectivity index (χ1) is 16.9. The number of hydrogen-bond acceptors (Lipinski definition) is 5. The van der Waals surface area contributed by atoms with Crippen LogP contribution in [0.2, 0.25) is 10.0 Å². The average Bonchev–Trinajstić information content (AvgIpc) is 3.28. The van der Waals surface area contributed by atoms with Gasteiger partial charge in [-0.2, -0.15) is 0 Å². The predicted octanol–water partition coefficient (Wildman–Crippen LogP) is 4.89. The molecular weight excluding hydrogens is 485 g/mol. The molecule has 0 bridgehead atoms. The number of likely N-dealkylation sites (tertiary alicyclic amines) is 1. The van der Waals surface area contributed by atoms with Gasteiger partial charge in [0.2, 0.25) is 0 Å². The molecule has 188 valence electrons. The lowest BCUT2D eigenvalue weighted by molar-refractivity contribution is 0.0624. The summed E-state index contributed by atoms with van der Waals surface area (Å²) in [5.74, 6) is 0.731. The Morgan fingerprint density at radius 3 is 2.43 bits per heavy atom. The van der Waals surface area contributed by atoms with Crippen molar-refractivity contribution in [2.45, 2.75) is 32.2 Å². The van der Waals surface area contributed by atoms with E-state index in [1.807, 2.05) is 24.3 Å². The number of carbonyl (C=O) groups excluding carboxylic acids is 2. The Labute approximate surface area is 217 Å². The predicted molar refractivity (Wildman–Crippen MR) is 140 cm³/mol. The molecule has 0 aliphatic carbocycles. The second kappa shape index (κ2) is 12.2. The van der Waals surface area contributed by atoms with Gasteiger partial charge >= 0.3 is 0 Å². The van der Waals surface area contributed by atoms with E-state index in [-0.39, 0.29) is 16.7 Å². The van der Waals surface area contributed by atoms with Crippen LogP contribution in [0.4, 0.5) is 0 Å². The van der Waals surface area contributed by atoms with Gasteiger partial charge < -0.3 is 14.5 Å². The van der Waals surface area contributed by atoms with Crippen LogP contribution in [0.3, 0.4) is 0 Å². The highest BCUT2D eigenvalue weighted by atomic mass is 35.5. The number of rotatable bonds is 9. The first-order valence-corrected chi connectivity index (χ1v) is 13.1. The normalized spacial score (nSPS) is 19.2. The topological polar surface area (TPSA) is 53.1 Å². The van der Waals surface area contributed by atoms with E-state index in [9.17, 15) is 9.59 Å². The summed E-state index contributed by atoms with van der Waals surface area (Å²) in [7, 11) is 0. The van der Waals surface area contributed by atoms with Crippen LogP contribution in [0.5, 0.6) is 5.75 Å². The Hall–Kier alpha value is -2.12. The van der Waals surface area contributed by atoms with E-state index in [4.69, 9.17) is 27.9 Å². The van der Waals surface area contributed by atoms with Gasteiger partial charge in [-0.1, -0.05) is 29.3 Å². The summed E-state index contributed by atoms with van der Waals surface area (Å²) in [6, 6.07) is 13.2. The highest BCUT2D eigenvalue weighted by Crippen LogP contribution is 2.27. The number of carbonyl (C=O) groups is 2. The number of nitrogens with zero attached hydrogens (tertiary/aromatic N) is 3. The van der Waals surface area contributed by atoms with Crippen molar-refractivity contribution in [2.24, 2.45) is 0 Å². The van der Waals surface area contributed by atoms with Crippen molar-refractivity contribution in [1.82, 2.24) is 14.7 Å². The minimum Gasteiger partial charge on any atom is -0.494 e. The lowest BCUT2D eigenvalue weighted by atomic mass is 10.1. The zero-order valence-corrected chi connectivity index (χ0v) is 21.7. The fourth-order valence-corrected chi connectivity index (χ4v) is 5.14.